The summed E-state index contributed by atoms with van der Waals surface area (Å²) in [6.07, 6.45) is 2.40. The summed E-state index contributed by atoms with van der Waals surface area (Å²) < 4.78 is 1.07. The highest BCUT2D eigenvalue weighted by atomic mass is 32.1. The van der Waals surface area contributed by atoms with Crippen molar-refractivity contribution in [2.45, 2.75) is 6.42 Å². The summed E-state index contributed by atoms with van der Waals surface area (Å²) in [6, 6.07) is 23.5. The van der Waals surface area contributed by atoms with Gasteiger partial charge in [0.05, 0.1) is 10.2 Å². The van der Waals surface area contributed by atoms with E-state index in [4.69, 9.17) is 0 Å². The van der Waals surface area contributed by atoms with Crippen LogP contribution < -0.4 is 4.90 Å². The van der Waals surface area contributed by atoms with E-state index in [9.17, 15) is 4.79 Å². The number of amides is 1. The molecule has 0 atom stereocenters. The Morgan fingerprint density at radius 1 is 0.923 bits per heavy atom. The Balaban J connectivity index is 1.67. The third-order valence-electron chi connectivity index (χ3n) is 4.11. The van der Waals surface area contributed by atoms with Gasteiger partial charge in [0.1, 0.15) is 5.69 Å². The van der Waals surface area contributed by atoms with Gasteiger partial charge in [-0.3, -0.25) is 14.7 Å². The van der Waals surface area contributed by atoms with Crippen molar-refractivity contribution in [3.05, 3.63) is 90.3 Å². The lowest BCUT2D eigenvalue weighted by Crippen LogP contribution is -2.33. The first-order chi connectivity index (χ1) is 12.8. The number of fused-ring (bicyclic) bond motifs is 1. The van der Waals surface area contributed by atoms with Crippen molar-refractivity contribution in [1.82, 2.24) is 9.97 Å². The highest BCUT2D eigenvalue weighted by Gasteiger charge is 2.22. The van der Waals surface area contributed by atoms with Crippen LogP contribution >= 0.6 is 11.3 Å². The number of carbonyl (C=O) groups is 1. The van der Waals surface area contributed by atoms with Crippen LogP contribution in [0.25, 0.3) is 10.2 Å². The number of thiazole rings is 1. The van der Waals surface area contributed by atoms with Gasteiger partial charge in [-0.15, -0.1) is 0 Å². The number of pyridine rings is 1. The summed E-state index contributed by atoms with van der Waals surface area (Å²) >= 11 is 1.53. The molecular weight excluding hydrogens is 342 g/mol. The van der Waals surface area contributed by atoms with E-state index < -0.39 is 0 Å². The van der Waals surface area contributed by atoms with Gasteiger partial charge in [-0.1, -0.05) is 59.9 Å². The monoisotopic (exact) mass is 359 g/mol. The number of aromatic nitrogens is 2. The van der Waals surface area contributed by atoms with Crippen molar-refractivity contribution in [2.75, 3.05) is 11.4 Å². The molecule has 0 N–H and O–H groups in total. The van der Waals surface area contributed by atoms with Gasteiger partial charge in [0, 0.05) is 12.7 Å². The molecule has 4 aromatic rings. The minimum Gasteiger partial charge on any atom is -0.282 e. The topological polar surface area (TPSA) is 46.1 Å². The highest BCUT2D eigenvalue weighted by Crippen LogP contribution is 2.29. The zero-order valence-electron chi connectivity index (χ0n) is 14.1. The van der Waals surface area contributed by atoms with Gasteiger partial charge in [-0.05, 0) is 36.2 Å². The molecular formula is C21H17N3OS. The summed E-state index contributed by atoms with van der Waals surface area (Å²) in [7, 11) is 0. The summed E-state index contributed by atoms with van der Waals surface area (Å²) in [5.74, 6) is -0.124. The fraction of sp³-hybridized carbons (Fsp3) is 0.0952. The number of anilines is 1. The second kappa shape index (κ2) is 7.45. The highest BCUT2D eigenvalue weighted by molar-refractivity contribution is 7.22. The van der Waals surface area contributed by atoms with Crippen LogP contribution in [0.15, 0.2) is 79.0 Å². The minimum absolute atomic E-state index is 0.124. The Labute approximate surface area is 155 Å². The SMILES string of the molecule is O=C(c1ccccn1)N(CCc1ccccc1)c1nc2ccccc2s1. The number of benzene rings is 2. The number of rotatable bonds is 5. The third-order valence-corrected chi connectivity index (χ3v) is 5.17. The fourth-order valence-electron chi connectivity index (χ4n) is 2.77. The second-order valence-electron chi connectivity index (χ2n) is 5.87. The first-order valence-corrected chi connectivity index (χ1v) is 9.25. The molecule has 0 fully saturated rings. The van der Waals surface area contributed by atoms with Crippen LogP contribution in [0.4, 0.5) is 5.13 Å². The first-order valence-electron chi connectivity index (χ1n) is 8.44. The van der Waals surface area contributed by atoms with E-state index in [1.54, 1.807) is 17.2 Å². The van der Waals surface area contributed by atoms with Crippen molar-refractivity contribution in [3.8, 4) is 0 Å². The van der Waals surface area contributed by atoms with Crippen molar-refractivity contribution >= 4 is 32.6 Å². The van der Waals surface area contributed by atoms with Crippen LogP contribution in [0.2, 0.25) is 0 Å². The summed E-state index contributed by atoms with van der Waals surface area (Å²) in [5, 5.41) is 0.706. The van der Waals surface area contributed by atoms with Crippen LogP contribution in [-0.2, 0) is 6.42 Å². The van der Waals surface area contributed by atoms with E-state index in [-0.39, 0.29) is 5.91 Å². The number of nitrogens with zero attached hydrogens (tertiary/aromatic N) is 3. The van der Waals surface area contributed by atoms with Gasteiger partial charge >= 0.3 is 0 Å². The zero-order valence-corrected chi connectivity index (χ0v) is 14.9. The number of para-hydroxylation sites is 1. The zero-order chi connectivity index (χ0) is 17.8. The van der Waals surface area contributed by atoms with Gasteiger partial charge in [0.2, 0.25) is 0 Å². The van der Waals surface area contributed by atoms with Crippen molar-refractivity contribution in [2.24, 2.45) is 0 Å². The van der Waals surface area contributed by atoms with Crippen LogP contribution in [-0.4, -0.2) is 22.4 Å². The first kappa shape index (κ1) is 16.4. The van der Waals surface area contributed by atoms with E-state index >= 15 is 0 Å². The van der Waals surface area contributed by atoms with Gasteiger partial charge in [-0.25, -0.2) is 4.98 Å². The number of hydrogen-bond acceptors (Lipinski definition) is 4. The van der Waals surface area contributed by atoms with E-state index in [2.05, 4.69) is 22.1 Å². The Morgan fingerprint density at radius 3 is 2.46 bits per heavy atom. The molecule has 0 bridgehead atoms. The molecule has 4 rings (SSSR count). The standard InChI is InChI=1S/C21H17N3OS/c25-20(18-11-6-7-14-22-18)24(15-13-16-8-2-1-3-9-16)21-23-17-10-4-5-12-19(17)26-21/h1-12,14H,13,15H2. The summed E-state index contributed by atoms with van der Waals surface area (Å²) in [5.41, 5.74) is 2.53. The average molecular weight is 359 g/mol. The van der Waals surface area contributed by atoms with Gasteiger partial charge < -0.3 is 0 Å². The lowest BCUT2D eigenvalue weighted by molar-refractivity contribution is 0.0982. The molecule has 0 saturated carbocycles. The molecule has 2 aromatic carbocycles. The Morgan fingerprint density at radius 2 is 1.69 bits per heavy atom. The maximum Gasteiger partial charge on any atom is 0.278 e. The van der Waals surface area contributed by atoms with E-state index in [1.165, 1.54) is 16.9 Å². The fourth-order valence-corrected chi connectivity index (χ4v) is 3.76. The molecule has 0 radical (unpaired) electrons. The molecule has 0 aliphatic rings. The van der Waals surface area contributed by atoms with Crippen LogP contribution in [0.1, 0.15) is 16.1 Å². The predicted octanol–water partition coefficient (Wildman–Crippen LogP) is 4.58. The summed E-state index contributed by atoms with van der Waals surface area (Å²) in [4.78, 5) is 23.7. The molecule has 0 saturated heterocycles. The van der Waals surface area contributed by atoms with Gasteiger partial charge in [0.15, 0.2) is 5.13 Å². The third kappa shape index (κ3) is 3.48. The predicted molar refractivity (Wildman–Crippen MR) is 106 cm³/mol. The Kier molecular flexibility index (Phi) is 4.71. The van der Waals surface area contributed by atoms with Crippen LogP contribution in [0, 0.1) is 0 Å². The van der Waals surface area contributed by atoms with Crippen molar-refractivity contribution in [1.29, 1.82) is 0 Å². The smallest absolute Gasteiger partial charge is 0.278 e. The quantitative estimate of drug-likeness (QED) is 0.524. The van der Waals surface area contributed by atoms with E-state index in [0.717, 1.165) is 16.6 Å². The molecule has 0 aliphatic heterocycles. The molecule has 0 spiro atoms. The number of carbonyl (C=O) groups excluding carboxylic acids is 1. The largest absolute Gasteiger partial charge is 0.282 e. The molecule has 0 unspecified atom stereocenters. The molecule has 128 valence electrons. The van der Waals surface area contributed by atoms with Gasteiger partial charge in [-0.2, -0.15) is 0 Å². The second-order valence-corrected chi connectivity index (χ2v) is 6.88. The molecule has 4 nitrogen and oxygen atoms in total. The van der Waals surface area contributed by atoms with Gasteiger partial charge in [0.25, 0.3) is 5.91 Å². The molecule has 5 heteroatoms. The Bertz CT molecular complexity index is 982. The minimum atomic E-state index is -0.124. The maximum absolute atomic E-state index is 13.1. The van der Waals surface area contributed by atoms with E-state index in [1.807, 2.05) is 54.6 Å². The average Bonchev–Trinajstić information content (AvgIpc) is 3.13. The molecule has 26 heavy (non-hydrogen) atoms. The molecule has 0 aliphatic carbocycles. The van der Waals surface area contributed by atoms with Crippen molar-refractivity contribution in [3.63, 3.8) is 0 Å². The number of hydrogen-bond donors (Lipinski definition) is 0. The van der Waals surface area contributed by atoms with Crippen molar-refractivity contribution < 1.29 is 4.79 Å². The Hall–Kier alpha value is -3.05. The molecule has 2 aromatic heterocycles. The van der Waals surface area contributed by atoms with E-state index in [0.29, 0.717) is 17.4 Å². The maximum atomic E-state index is 13.1. The molecule has 2 heterocycles. The molecule has 1 amide bonds. The van der Waals surface area contributed by atoms with Crippen LogP contribution in [0.5, 0.6) is 0 Å². The lowest BCUT2D eigenvalue weighted by Gasteiger charge is -2.19. The normalized spacial score (nSPS) is 10.8. The summed E-state index contributed by atoms with van der Waals surface area (Å²) in [6.45, 7) is 0.555. The lowest BCUT2D eigenvalue weighted by atomic mass is 10.1. The van der Waals surface area contributed by atoms with Crippen LogP contribution in [0.3, 0.4) is 0 Å².